The van der Waals surface area contributed by atoms with Crippen LogP contribution in [0.3, 0.4) is 0 Å². The number of hydrogen-bond donors (Lipinski definition) is 0. The second-order valence-electron chi connectivity index (χ2n) is 3.44. The molecule has 17 heavy (non-hydrogen) atoms. The molecule has 0 saturated heterocycles. The number of ether oxygens (including phenoxy) is 1. The maximum absolute atomic E-state index is 13.4. The lowest BCUT2D eigenvalue weighted by atomic mass is 10.3. The Kier molecular flexibility index (Phi) is 3.33. The Labute approximate surface area is 106 Å². The molecule has 6 heteroatoms. The normalized spacial score (nSPS) is 10.4. The van der Waals surface area contributed by atoms with Gasteiger partial charge in [-0.1, -0.05) is 21.0 Å². The Hall–Kier alpha value is -1.56. The lowest BCUT2D eigenvalue weighted by molar-refractivity contribution is 0.402. The van der Waals surface area contributed by atoms with E-state index in [2.05, 4.69) is 31.1 Å². The van der Waals surface area contributed by atoms with Crippen LogP contribution in [0, 0.1) is 19.7 Å². The molecular formula is C11H9BrFN3O. The van der Waals surface area contributed by atoms with Gasteiger partial charge in [-0.05, 0) is 32.0 Å². The number of rotatable bonds is 2. The summed E-state index contributed by atoms with van der Waals surface area (Å²) >= 11 is 3.23. The van der Waals surface area contributed by atoms with Gasteiger partial charge in [-0.3, -0.25) is 0 Å². The van der Waals surface area contributed by atoms with Crippen LogP contribution in [0.5, 0.6) is 11.8 Å². The van der Waals surface area contributed by atoms with E-state index in [1.165, 1.54) is 12.1 Å². The van der Waals surface area contributed by atoms with E-state index < -0.39 is 5.82 Å². The van der Waals surface area contributed by atoms with Crippen molar-refractivity contribution >= 4 is 15.9 Å². The van der Waals surface area contributed by atoms with Crippen molar-refractivity contribution in [2.45, 2.75) is 13.8 Å². The zero-order valence-electron chi connectivity index (χ0n) is 9.24. The molecule has 2 aromatic rings. The summed E-state index contributed by atoms with van der Waals surface area (Å²) in [6.45, 7) is 3.58. The summed E-state index contributed by atoms with van der Waals surface area (Å²) < 4.78 is 19.4. The molecule has 1 aromatic heterocycles. The average Bonchev–Trinajstić information content (AvgIpc) is 2.29. The van der Waals surface area contributed by atoms with Crippen LogP contribution in [0.15, 0.2) is 22.7 Å². The second kappa shape index (κ2) is 4.75. The van der Waals surface area contributed by atoms with Crippen molar-refractivity contribution in [1.29, 1.82) is 0 Å². The Balaban J connectivity index is 2.31. The van der Waals surface area contributed by atoms with Crippen molar-refractivity contribution in [2.75, 3.05) is 0 Å². The molecule has 0 unspecified atom stereocenters. The fourth-order valence-electron chi connectivity index (χ4n) is 1.13. The van der Waals surface area contributed by atoms with Gasteiger partial charge >= 0.3 is 6.01 Å². The summed E-state index contributed by atoms with van der Waals surface area (Å²) in [6, 6.07) is 4.42. The third-order valence-electron chi connectivity index (χ3n) is 2.17. The number of nitrogens with zero attached hydrogens (tertiary/aromatic N) is 3. The van der Waals surface area contributed by atoms with Crippen molar-refractivity contribution in [3.63, 3.8) is 0 Å². The number of halogens is 2. The molecule has 0 spiro atoms. The minimum Gasteiger partial charge on any atom is -0.420 e. The van der Waals surface area contributed by atoms with E-state index in [4.69, 9.17) is 4.74 Å². The van der Waals surface area contributed by atoms with Crippen LogP contribution in [-0.4, -0.2) is 15.2 Å². The number of aromatic nitrogens is 3. The molecule has 2 rings (SSSR count). The molecule has 0 N–H and O–H groups in total. The van der Waals surface area contributed by atoms with Crippen LogP contribution < -0.4 is 4.74 Å². The SMILES string of the molecule is Cc1nnc(Oc2cc(Br)ccc2F)nc1C. The highest BCUT2D eigenvalue weighted by Gasteiger charge is 2.08. The Bertz CT molecular complexity index is 562. The average molecular weight is 298 g/mol. The highest BCUT2D eigenvalue weighted by molar-refractivity contribution is 9.10. The van der Waals surface area contributed by atoms with E-state index in [-0.39, 0.29) is 11.8 Å². The third kappa shape index (κ3) is 2.76. The molecule has 1 heterocycles. The summed E-state index contributed by atoms with van der Waals surface area (Å²) in [5.74, 6) is -0.417. The summed E-state index contributed by atoms with van der Waals surface area (Å²) in [5, 5.41) is 7.60. The van der Waals surface area contributed by atoms with E-state index in [0.29, 0.717) is 15.9 Å². The Morgan fingerprint density at radius 1 is 1.18 bits per heavy atom. The summed E-state index contributed by atoms with van der Waals surface area (Å²) in [6.07, 6.45) is 0. The van der Waals surface area contributed by atoms with Crippen molar-refractivity contribution in [2.24, 2.45) is 0 Å². The fourth-order valence-corrected chi connectivity index (χ4v) is 1.47. The maximum atomic E-state index is 13.4. The van der Waals surface area contributed by atoms with Gasteiger partial charge in [0.15, 0.2) is 11.6 Å². The Morgan fingerprint density at radius 2 is 1.94 bits per heavy atom. The van der Waals surface area contributed by atoms with E-state index in [1.807, 2.05) is 0 Å². The van der Waals surface area contributed by atoms with Gasteiger partial charge in [-0.25, -0.2) is 4.39 Å². The first-order valence-corrected chi connectivity index (χ1v) is 5.66. The molecule has 0 bridgehead atoms. The first-order valence-electron chi connectivity index (χ1n) is 4.87. The predicted molar refractivity (Wildman–Crippen MR) is 63.5 cm³/mol. The molecule has 1 aromatic carbocycles. The fraction of sp³-hybridized carbons (Fsp3) is 0.182. The lowest BCUT2D eigenvalue weighted by Gasteiger charge is -2.05. The molecule has 0 amide bonds. The van der Waals surface area contributed by atoms with Gasteiger partial charge in [-0.2, -0.15) is 4.98 Å². The first-order chi connectivity index (χ1) is 8.06. The highest BCUT2D eigenvalue weighted by atomic mass is 79.9. The molecule has 0 aliphatic rings. The van der Waals surface area contributed by atoms with E-state index in [9.17, 15) is 4.39 Å². The van der Waals surface area contributed by atoms with Gasteiger partial charge in [0, 0.05) is 4.47 Å². The molecule has 0 atom stereocenters. The van der Waals surface area contributed by atoms with E-state index in [1.54, 1.807) is 19.9 Å². The van der Waals surface area contributed by atoms with Crippen LogP contribution in [0.1, 0.15) is 11.4 Å². The number of aryl methyl sites for hydroxylation is 2. The van der Waals surface area contributed by atoms with Crippen molar-refractivity contribution in [3.8, 4) is 11.8 Å². The highest BCUT2D eigenvalue weighted by Crippen LogP contribution is 2.25. The molecule has 0 fully saturated rings. The first kappa shape index (κ1) is 11.9. The van der Waals surface area contributed by atoms with Gasteiger partial charge in [0.1, 0.15) is 0 Å². The molecule has 4 nitrogen and oxygen atoms in total. The minimum absolute atomic E-state index is 0.0325. The molecule has 0 saturated carbocycles. The van der Waals surface area contributed by atoms with Crippen LogP contribution in [0.25, 0.3) is 0 Å². The van der Waals surface area contributed by atoms with Gasteiger partial charge in [-0.15, -0.1) is 5.10 Å². The van der Waals surface area contributed by atoms with Crippen LogP contribution in [0.2, 0.25) is 0 Å². The van der Waals surface area contributed by atoms with Crippen molar-refractivity contribution in [1.82, 2.24) is 15.2 Å². The predicted octanol–water partition coefficient (Wildman–Crippen LogP) is 3.18. The number of hydrogen-bond acceptors (Lipinski definition) is 4. The van der Waals surface area contributed by atoms with Gasteiger partial charge in [0.2, 0.25) is 0 Å². The zero-order valence-corrected chi connectivity index (χ0v) is 10.8. The molecule has 88 valence electrons. The summed E-state index contributed by atoms with van der Waals surface area (Å²) in [7, 11) is 0. The van der Waals surface area contributed by atoms with Gasteiger partial charge in [0.25, 0.3) is 0 Å². The second-order valence-corrected chi connectivity index (χ2v) is 4.36. The summed E-state index contributed by atoms with van der Waals surface area (Å²) in [5.41, 5.74) is 1.41. The third-order valence-corrected chi connectivity index (χ3v) is 2.66. The van der Waals surface area contributed by atoms with E-state index >= 15 is 0 Å². The van der Waals surface area contributed by atoms with Crippen LogP contribution >= 0.6 is 15.9 Å². The standard InChI is InChI=1S/C11H9BrFN3O/c1-6-7(2)15-16-11(14-6)17-10-5-8(12)3-4-9(10)13/h3-5H,1-2H3. The van der Waals surface area contributed by atoms with Crippen molar-refractivity contribution < 1.29 is 9.13 Å². The topological polar surface area (TPSA) is 47.9 Å². The van der Waals surface area contributed by atoms with E-state index in [0.717, 1.165) is 0 Å². The molecular weight excluding hydrogens is 289 g/mol. The molecule has 0 aliphatic carbocycles. The number of benzene rings is 1. The van der Waals surface area contributed by atoms with Gasteiger partial charge in [0.05, 0.1) is 11.4 Å². The van der Waals surface area contributed by atoms with Crippen LogP contribution in [0.4, 0.5) is 4.39 Å². The molecule has 0 aliphatic heterocycles. The lowest BCUT2D eigenvalue weighted by Crippen LogP contribution is -2.00. The zero-order chi connectivity index (χ0) is 12.4. The minimum atomic E-state index is -0.477. The van der Waals surface area contributed by atoms with Crippen LogP contribution in [-0.2, 0) is 0 Å². The maximum Gasteiger partial charge on any atom is 0.341 e. The van der Waals surface area contributed by atoms with Crippen molar-refractivity contribution in [3.05, 3.63) is 39.9 Å². The quantitative estimate of drug-likeness (QED) is 0.854. The smallest absolute Gasteiger partial charge is 0.341 e. The Morgan fingerprint density at radius 3 is 2.65 bits per heavy atom. The molecule has 0 radical (unpaired) electrons. The summed E-state index contributed by atoms with van der Waals surface area (Å²) in [4.78, 5) is 4.06. The largest absolute Gasteiger partial charge is 0.420 e. The monoisotopic (exact) mass is 297 g/mol. The van der Waals surface area contributed by atoms with Gasteiger partial charge < -0.3 is 4.74 Å².